The maximum atomic E-state index is 11.7. The molecule has 0 aliphatic heterocycles. The van der Waals surface area contributed by atoms with Gasteiger partial charge in [0.2, 0.25) is 0 Å². The smallest absolute Gasteiger partial charge is 0.0308 e. The minimum atomic E-state index is -0.122. The molecular formula is C47H59ClOSiZr-2. The second-order valence-electron chi connectivity index (χ2n) is 16.3. The Morgan fingerprint density at radius 2 is 1.06 bits per heavy atom. The van der Waals surface area contributed by atoms with Crippen molar-refractivity contribution in [3.8, 4) is 5.75 Å². The normalized spacial score (nSPS) is 11.2. The number of rotatable bonds is 3. The Balaban J connectivity index is 0.000000237. The fraction of sp³-hybridized carbons (Fsp3) is 0.362. The monoisotopic (exact) mass is 792 g/mol. The molecule has 0 aliphatic rings. The Morgan fingerprint density at radius 1 is 0.608 bits per heavy atom. The summed E-state index contributed by atoms with van der Waals surface area (Å²) >= 11 is 1.69. The van der Waals surface area contributed by atoms with Crippen LogP contribution in [0.3, 0.4) is 0 Å². The Labute approximate surface area is 331 Å². The maximum absolute atomic E-state index is 11.7. The maximum Gasteiger partial charge on any atom is -0.0308 e. The molecule has 0 saturated heterocycles. The molecule has 0 heterocycles. The van der Waals surface area contributed by atoms with Crippen molar-refractivity contribution in [1.82, 2.24) is 0 Å². The van der Waals surface area contributed by atoms with E-state index in [1.54, 1.807) is 34.6 Å². The van der Waals surface area contributed by atoms with E-state index in [4.69, 9.17) is 0 Å². The summed E-state index contributed by atoms with van der Waals surface area (Å²) in [5, 5.41) is 18.9. The van der Waals surface area contributed by atoms with Crippen molar-refractivity contribution < 1.29 is 40.8 Å². The van der Waals surface area contributed by atoms with Crippen LogP contribution in [0, 0.1) is 13.8 Å². The van der Waals surface area contributed by atoms with Gasteiger partial charge in [0, 0.05) is 0 Å². The summed E-state index contributed by atoms with van der Waals surface area (Å²) in [6, 6.07) is 38.7. The van der Waals surface area contributed by atoms with E-state index in [-0.39, 0.29) is 34.4 Å². The van der Waals surface area contributed by atoms with Crippen LogP contribution in [0.1, 0.15) is 114 Å². The van der Waals surface area contributed by atoms with Crippen molar-refractivity contribution in [3.63, 3.8) is 0 Å². The Hall–Kier alpha value is -2.71. The third-order valence-electron chi connectivity index (χ3n) is 8.96. The van der Waals surface area contributed by atoms with Crippen LogP contribution in [0.25, 0.3) is 21.5 Å². The van der Waals surface area contributed by atoms with Gasteiger partial charge in [-0.3, -0.25) is 0 Å². The average molecular weight is 795 g/mol. The van der Waals surface area contributed by atoms with Gasteiger partial charge in [0.25, 0.3) is 0 Å². The third-order valence-corrected chi connectivity index (χ3v) is 12.3. The molecule has 51 heavy (non-hydrogen) atoms. The van der Waals surface area contributed by atoms with Crippen molar-refractivity contribution >= 4 is 32.2 Å². The summed E-state index contributed by atoms with van der Waals surface area (Å²) in [6.07, 6.45) is 0. The van der Waals surface area contributed by atoms with Crippen LogP contribution in [-0.2, 0) is 34.2 Å². The summed E-state index contributed by atoms with van der Waals surface area (Å²) in [6.45, 7) is 28.4. The molecule has 0 fully saturated rings. The van der Waals surface area contributed by atoms with Gasteiger partial charge in [-0.2, -0.15) is 12.1 Å². The first-order chi connectivity index (χ1) is 23.3. The van der Waals surface area contributed by atoms with Gasteiger partial charge in [0.15, 0.2) is 0 Å². The number of aryl methyl sites for hydroxylation is 2. The first-order valence-electron chi connectivity index (χ1n) is 18.0. The minimum absolute atomic E-state index is 0. The molecule has 0 aliphatic carbocycles. The van der Waals surface area contributed by atoms with Crippen molar-refractivity contribution in [2.75, 3.05) is 0 Å². The van der Waals surface area contributed by atoms with Crippen molar-refractivity contribution in [3.05, 3.63) is 143 Å². The van der Waals surface area contributed by atoms with Gasteiger partial charge in [0.1, 0.15) is 0 Å². The van der Waals surface area contributed by atoms with Crippen molar-refractivity contribution in [2.24, 2.45) is 0 Å². The van der Waals surface area contributed by atoms with E-state index in [1.165, 1.54) is 49.4 Å². The Bertz CT molecular complexity index is 1900. The SMILES string of the molecule is CC(C)(C)c1ccc([O-])c(C(C)(C)C)c1.C[Si](=[Zr+2])c1ccccc1.Cc1cc2c(C(C)C)cccc2[cH-]1.Cc1cc2c(C(C)C)cccc2[cH-]1.[Cl-]. The van der Waals surface area contributed by atoms with Gasteiger partial charge >= 0.3 is 70.8 Å². The molecule has 0 saturated carbocycles. The van der Waals surface area contributed by atoms with E-state index < -0.39 is 0 Å². The van der Waals surface area contributed by atoms with Crippen LogP contribution in [0.15, 0.2) is 109 Å². The summed E-state index contributed by atoms with van der Waals surface area (Å²) in [5.41, 5.74) is 7.71. The number of benzene rings is 4. The molecule has 270 valence electrons. The molecule has 0 aromatic heterocycles. The van der Waals surface area contributed by atoms with Crippen LogP contribution in [0.5, 0.6) is 5.75 Å². The first kappa shape index (κ1) is 44.5. The molecule has 0 bridgehead atoms. The quantitative estimate of drug-likeness (QED) is 0.129. The minimum Gasteiger partial charge on any atom is -1.00 e. The summed E-state index contributed by atoms with van der Waals surface area (Å²) in [4.78, 5) is 0. The Kier molecular flexibility index (Phi) is 16.9. The number of fused-ring (bicyclic) bond motifs is 2. The van der Waals surface area contributed by atoms with E-state index in [1.807, 2.05) is 6.07 Å². The van der Waals surface area contributed by atoms with Crippen LogP contribution in [0.2, 0.25) is 6.55 Å². The molecule has 0 radical (unpaired) electrons. The molecule has 0 atom stereocenters. The fourth-order valence-corrected chi connectivity index (χ4v) is 8.02. The fourth-order valence-electron chi connectivity index (χ4n) is 6.10. The largest absolute Gasteiger partial charge is 1.00 e. The zero-order valence-electron chi connectivity index (χ0n) is 33.3. The van der Waals surface area contributed by atoms with E-state index in [9.17, 15) is 5.11 Å². The van der Waals surface area contributed by atoms with Crippen LogP contribution < -0.4 is 22.7 Å². The number of hydrogen-bond acceptors (Lipinski definition) is 1. The zero-order valence-corrected chi connectivity index (χ0v) is 37.5. The Morgan fingerprint density at radius 3 is 1.41 bits per heavy atom. The third kappa shape index (κ3) is 13.0. The topological polar surface area (TPSA) is 23.1 Å². The van der Waals surface area contributed by atoms with E-state index in [0.29, 0.717) is 11.8 Å². The van der Waals surface area contributed by atoms with E-state index >= 15 is 0 Å². The van der Waals surface area contributed by atoms with Crippen LogP contribution in [-0.4, -0.2) is 5.43 Å². The summed E-state index contributed by atoms with van der Waals surface area (Å²) < 4.78 is 0. The number of halogens is 1. The molecule has 0 unspecified atom stereocenters. The van der Waals surface area contributed by atoms with Gasteiger partial charge in [-0.15, -0.1) is 74.8 Å². The van der Waals surface area contributed by atoms with Gasteiger partial charge in [-0.1, -0.05) is 130 Å². The molecule has 1 nitrogen and oxygen atoms in total. The predicted octanol–water partition coefficient (Wildman–Crippen LogP) is 9.40. The zero-order chi connectivity index (χ0) is 37.4. The van der Waals surface area contributed by atoms with E-state index in [0.717, 1.165) is 5.56 Å². The van der Waals surface area contributed by atoms with Gasteiger partial charge < -0.3 is 17.5 Å². The molecule has 6 aromatic carbocycles. The predicted molar refractivity (Wildman–Crippen MR) is 218 cm³/mol. The molecule has 0 spiro atoms. The first-order valence-corrected chi connectivity index (χ1v) is 23.7. The molecule has 0 N–H and O–H groups in total. The molecular weight excluding hydrogens is 735 g/mol. The van der Waals surface area contributed by atoms with Gasteiger partial charge in [-0.25, -0.2) is 0 Å². The number of hydrogen-bond donors (Lipinski definition) is 0. The van der Waals surface area contributed by atoms with Crippen molar-refractivity contribution in [2.45, 2.75) is 112 Å². The second kappa shape index (κ2) is 19.4. The average Bonchev–Trinajstić information content (AvgIpc) is 3.61. The molecule has 6 aromatic rings. The molecule has 4 heteroatoms. The van der Waals surface area contributed by atoms with E-state index in [2.05, 4.69) is 187 Å². The molecule has 0 amide bonds. The van der Waals surface area contributed by atoms with Gasteiger partial charge in [-0.05, 0) is 28.2 Å². The second-order valence-corrected chi connectivity index (χ2v) is 23.6. The summed E-state index contributed by atoms with van der Waals surface area (Å²) in [7, 11) is 0. The molecule has 6 rings (SSSR count). The van der Waals surface area contributed by atoms with Gasteiger partial charge in [0.05, 0.1) is 0 Å². The standard InChI is InChI=1S/C14H22O.2C13H15.C7H8Si.ClH.Zr/c1-13(2,3)10-7-8-12(15)11(9-10)14(4,5)6;2*1-9(2)12-6-4-5-11-7-10(3)8-13(11)12;1-8-7-5-3-2-4-6-7;;/h7-9,15H,1-6H3;2*4-9H,1-3H3;2-6H,1H3;1H;/q;2*-1;;;+2/p-2. The van der Waals surface area contributed by atoms with Crippen LogP contribution in [0.4, 0.5) is 0 Å². The van der Waals surface area contributed by atoms with Crippen molar-refractivity contribution in [1.29, 1.82) is 0 Å². The summed E-state index contributed by atoms with van der Waals surface area (Å²) in [5.74, 6) is 1.38. The van der Waals surface area contributed by atoms with Crippen LogP contribution >= 0.6 is 0 Å².